The Balaban J connectivity index is 1.72. The fraction of sp³-hybridized carbons (Fsp3) is 0.263. The van der Waals surface area contributed by atoms with Crippen LogP contribution >= 0.6 is 11.6 Å². The normalized spacial score (nSPS) is 10.5. The van der Waals surface area contributed by atoms with Gasteiger partial charge in [-0.3, -0.25) is 9.69 Å². The molecule has 0 saturated carbocycles. The number of nitrogens with one attached hydrogen (secondary N) is 1. The topological polar surface area (TPSA) is 67.9 Å². The van der Waals surface area contributed by atoms with Crippen LogP contribution in [0.1, 0.15) is 10.4 Å². The zero-order chi connectivity index (χ0) is 18.9. The number of hydrogen-bond acceptors (Lipinski definition) is 5. The Labute approximate surface area is 157 Å². The van der Waals surface area contributed by atoms with E-state index in [0.29, 0.717) is 29.4 Å². The number of rotatable bonds is 8. The minimum Gasteiger partial charge on any atom is -0.492 e. The highest BCUT2D eigenvalue weighted by atomic mass is 35.5. The molecule has 0 fully saturated rings. The summed E-state index contributed by atoms with van der Waals surface area (Å²) in [6.45, 7) is 1.28. The van der Waals surface area contributed by atoms with Gasteiger partial charge in [-0.1, -0.05) is 11.6 Å². The maximum atomic E-state index is 12.1. The lowest BCUT2D eigenvalue weighted by Gasteiger charge is -2.16. The van der Waals surface area contributed by atoms with Crippen molar-refractivity contribution in [3.63, 3.8) is 0 Å². The summed E-state index contributed by atoms with van der Waals surface area (Å²) in [5.41, 5.74) is 1.05. The molecule has 1 amide bonds. The molecule has 138 valence electrons. The summed E-state index contributed by atoms with van der Waals surface area (Å²) >= 11 is 5.82. The first-order valence-corrected chi connectivity index (χ1v) is 8.41. The van der Waals surface area contributed by atoms with E-state index in [2.05, 4.69) is 10.1 Å². The second-order valence-corrected chi connectivity index (χ2v) is 6.09. The quantitative estimate of drug-likeness (QED) is 0.717. The van der Waals surface area contributed by atoms with Crippen LogP contribution in [0.3, 0.4) is 0 Å². The van der Waals surface area contributed by atoms with Crippen molar-refractivity contribution < 1.29 is 19.1 Å². The fourth-order valence-corrected chi connectivity index (χ4v) is 2.31. The van der Waals surface area contributed by atoms with Crippen molar-refractivity contribution in [3.05, 3.63) is 59.1 Å². The van der Waals surface area contributed by atoms with Gasteiger partial charge in [0, 0.05) is 17.3 Å². The second kappa shape index (κ2) is 9.79. The van der Waals surface area contributed by atoms with E-state index < -0.39 is 5.97 Å². The molecular formula is C19H21ClN2O4. The summed E-state index contributed by atoms with van der Waals surface area (Å²) < 4.78 is 10.2. The maximum Gasteiger partial charge on any atom is 0.337 e. The monoisotopic (exact) mass is 376 g/mol. The van der Waals surface area contributed by atoms with E-state index in [0.717, 1.165) is 5.75 Å². The standard InChI is InChI=1S/C19H21ClN2O4/c1-22(11-12-26-17-9-5-15(20)6-10-17)13-18(23)21-16-7-3-14(4-8-16)19(24)25-2/h3-10H,11-13H2,1-2H3,(H,21,23). The van der Waals surface area contributed by atoms with Crippen LogP contribution in [-0.2, 0) is 9.53 Å². The molecule has 0 spiro atoms. The van der Waals surface area contributed by atoms with Gasteiger partial charge in [0.25, 0.3) is 0 Å². The van der Waals surface area contributed by atoms with Crippen LogP contribution in [0.5, 0.6) is 5.75 Å². The van der Waals surface area contributed by atoms with Gasteiger partial charge in [0.05, 0.1) is 19.2 Å². The van der Waals surface area contributed by atoms with E-state index in [4.69, 9.17) is 16.3 Å². The Morgan fingerprint density at radius 3 is 2.35 bits per heavy atom. The molecule has 0 aliphatic heterocycles. The average molecular weight is 377 g/mol. The van der Waals surface area contributed by atoms with Crippen LogP contribution in [0, 0.1) is 0 Å². The highest BCUT2D eigenvalue weighted by molar-refractivity contribution is 6.30. The third kappa shape index (κ3) is 6.38. The molecule has 7 heteroatoms. The molecule has 0 aliphatic carbocycles. The van der Waals surface area contributed by atoms with Gasteiger partial charge in [0.15, 0.2) is 0 Å². The van der Waals surface area contributed by atoms with Crippen LogP contribution in [0.4, 0.5) is 5.69 Å². The molecule has 2 rings (SSSR count). The fourth-order valence-electron chi connectivity index (χ4n) is 2.18. The first-order valence-electron chi connectivity index (χ1n) is 8.03. The molecule has 6 nitrogen and oxygen atoms in total. The molecule has 0 atom stereocenters. The van der Waals surface area contributed by atoms with Crippen molar-refractivity contribution >= 4 is 29.2 Å². The average Bonchev–Trinajstić information content (AvgIpc) is 2.63. The first-order chi connectivity index (χ1) is 12.5. The Bertz CT molecular complexity index is 732. The van der Waals surface area contributed by atoms with E-state index in [1.807, 2.05) is 11.9 Å². The molecule has 1 N–H and O–H groups in total. The number of benzene rings is 2. The number of ether oxygens (including phenoxy) is 2. The zero-order valence-electron chi connectivity index (χ0n) is 14.7. The van der Waals surface area contributed by atoms with Gasteiger partial charge in [0.1, 0.15) is 12.4 Å². The van der Waals surface area contributed by atoms with Crippen molar-refractivity contribution in [2.45, 2.75) is 0 Å². The third-order valence-electron chi connectivity index (χ3n) is 3.56. The van der Waals surface area contributed by atoms with Gasteiger partial charge in [-0.15, -0.1) is 0 Å². The molecule has 0 radical (unpaired) electrons. The summed E-state index contributed by atoms with van der Waals surface area (Å²) in [5, 5.41) is 3.44. The minimum atomic E-state index is -0.414. The van der Waals surface area contributed by atoms with Gasteiger partial charge in [-0.25, -0.2) is 4.79 Å². The number of carbonyl (C=O) groups is 2. The van der Waals surface area contributed by atoms with Crippen LogP contribution < -0.4 is 10.1 Å². The summed E-state index contributed by atoms with van der Waals surface area (Å²) in [5.74, 6) is 0.172. The van der Waals surface area contributed by atoms with Crippen molar-refractivity contribution in [2.24, 2.45) is 0 Å². The van der Waals surface area contributed by atoms with Crippen molar-refractivity contribution in [3.8, 4) is 5.75 Å². The van der Waals surface area contributed by atoms with Gasteiger partial charge in [0.2, 0.25) is 5.91 Å². The van der Waals surface area contributed by atoms with Gasteiger partial charge in [-0.2, -0.15) is 0 Å². The number of hydrogen-bond donors (Lipinski definition) is 1. The summed E-state index contributed by atoms with van der Waals surface area (Å²) in [4.78, 5) is 25.3. The van der Waals surface area contributed by atoms with E-state index >= 15 is 0 Å². The Morgan fingerprint density at radius 2 is 1.73 bits per heavy atom. The van der Waals surface area contributed by atoms with Crippen LogP contribution in [0.15, 0.2) is 48.5 Å². The Morgan fingerprint density at radius 1 is 1.08 bits per heavy atom. The Hall–Kier alpha value is -2.57. The highest BCUT2D eigenvalue weighted by Crippen LogP contribution is 2.15. The summed E-state index contributed by atoms with van der Waals surface area (Å²) in [6.07, 6.45) is 0. The Kier molecular flexibility index (Phi) is 7.44. The number of halogens is 1. The number of carbonyl (C=O) groups excluding carboxylic acids is 2. The number of amides is 1. The van der Waals surface area contributed by atoms with E-state index in [1.54, 1.807) is 48.5 Å². The van der Waals surface area contributed by atoms with Gasteiger partial charge in [-0.05, 0) is 55.6 Å². The van der Waals surface area contributed by atoms with Gasteiger partial charge < -0.3 is 14.8 Å². The summed E-state index contributed by atoms with van der Waals surface area (Å²) in [6, 6.07) is 13.6. The molecule has 0 aliphatic rings. The second-order valence-electron chi connectivity index (χ2n) is 5.66. The molecule has 26 heavy (non-hydrogen) atoms. The molecule has 0 heterocycles. The van der Waals surface area contributed by atoms with Gasteiger partial charge >= 0.3 is 5.97 Å². The maximum absolute atomic E-state index is 12.1. The number of esters is 1. The first kappa shape index (κ1) is 19.8. The molecular weight excluding hydrogens is 356 g/mol. The van der Waals surface area contributed by atoms with E-state index in [9.17, 15) is 9.59 Å². The van der Waals surface area contributed by atoms with E-state index in [1.165, 1.54) is 7.11 Å². The third-order valence-corrected chi connectivity index (χ3v) is 3.81. The lowest BCUT2D eigenvalue weighted by atomic mass is 10.2. The molecule has 0 unspecified atom stereocenters. The lowest BCUT2D eigenvalue weighted by Crippen LogP contribution is -2.33. The number of methoxy groups -OCH3 is 1. The lowest BCUT2D eigenvalue weighted by molar-refractivity contribution is -0.117. The molecule has 2 aromatic carbocycles. The molecule has 2 aromatic rings. The predicted molar refractivity (Wildman–Crippen MR) is 101 cm³/mol. The zero-order valence-corrected chi connectivity index (χ0v) is 15.5. The molecule has 0 saturated heterocycles. The largest absolute Gasteiger partial charge is 0.492 e. The van der Waals surface area contributed by atoms with E-state index in [-0.39, 0.29) is 12.5 Å². The molecule has 0 aromatic heterocycles. The smallest absolute Gasteiger partial charge is 0.337 e. The van der Waals surface area contributed by atoms with Crippen LogP contribution in [-0.4, -0.2) is 50.6 Å². The SMILES string of the molecule is COC(=O)c1ccc(NC(=O)CN(C)CCOc2ccc(Cl)cc2)cc1. The predicted octanol–water partition coefficient (Wildman–Crippen LogP) is 3.08. The minimum absolute atomic E-state index is 0.148. The number of anilines is 1. The van der Waals surface area contributed by atoms with Crippen LogP contribution in [0.2, 0.25) is 5.02 Å². The number of likely N-dealkylation sites (N-methyl/N-ethyl adjacent to an activating group) is 1. The summed E-state index contributed by atoms with van der Waals surface area (Å²) in [7, 11) is 3.16. The highest BCUT2D eigenvalue weighted by Gasteiger charge is 2.09. The molecule has 0 bridgehead atoms. The van der Waals surface area contributed by atoms with Crippen molar-refractivity contribution in [2.75, 3.05) is 39.2 Å². The van der Waals surface area contributed by atoms with Crippen molar-refractivity contribution in [1.29, 1.82) is 0 Å². The van der Waals surface area contributed by atoms with Crippen molar-refractivity contribution in [1.82, 2.24) is 4.90 Å². The van der Waals surface area contributed by atoms with Crippen LogP contribution in [0.25, 0.3) is 0 Å². The number of nitrogens with zero attached hydrogens (tertiary/aromatic N) is 1.